The number of hydrogen-bond donors (Lipinski definition) is 2. The molecule has 0 aromatic heterocycles. The van der Waals surface area contributed by atoms with Crippen LogP contribution >= 0.6 is 23.8 Å². The van der Waals surface area contributed by atoms with Gasteiger partial charge in [-0.3, -0.25) is 9.69 Å². The summed E-state index contributed by atoms with van der Waals surface area (Å²) in [5.74, 6) is 0.863. The Kier molecular flexibility index (Phi) is 6.40. The van der Waals surface area contributed by atoms with Gasteiger partial charge in [-0.2, -0.15) is 0 Å². The third kappa shape index (κ3) is 4.00. The molecular formula is C27H26ClN3O4S. The Bertz CT molecular complexity index is 1320. The molecule has 3 atom stereocenters. The molecule has 2 heterocycles. The summed E-state index contributed by atoms with van der Waals surface area (Å²) in [6.45, 7) is 4.27. The highest BCUT2D eigenvalue weighted by Crippen LogP contribution is 2.53. The number of rotatable bonds is 6. The minimum absolute atomic E-state index is 0.229. The Morgan fingerprint density at radius 2 is 1.86 bits per heavy atom. The standard InChI is InChI=1S/C27H26ClN3O4S/c1-4-34-21-11-7-8-18-23-22(25(32)29-17-14-12-16(28)13-15-17)27(2,35-24(18)21)31(26(36)30-23)19-9-5-6-10-20(19)33-3/h5-15,22-23H,4H2,1-3H3,(H,29,32)(H,30,36)/t22-,23+,27+/m0/s1. The van der Waals surface area contributed by atoms with Gasteiger partial charge in [0.1, 0.15) is 11.7 Å². The zero-order chi connectivity index (χ0) is 25.4. The molecule has 9 heteroatoms. The summed E-state index contributed by atoms with van der Waals surface area (Å²) in [5.41, 5.74) is 0.904. The fourth-order valence-corrected chi connectivity index (χ4v) is 5.50. The molecule has 36 heavy (non-hydrogen) atoms. The first kappa shape index (κ1) is 24.2. The lowest BCUT2D eigenvalue weighted by Gasteiger charge is -2.56. The van der Waals surface area contributed by atoms with Crippen LogP contribution in [0.4, 0.5) is 11.4 Å². The number of carbonyl (C=O) groups excluding carboxylic acids is 1. The fraction of sp³-hybridized carbons (Fsp3) is 0.259. The highest BCUT2D eigenvalue weighted by atomic mass is 35.5. The number of thiocarbonyl (C=S) groups is 1. The Hall–Kier alpha value is -3.49. The summed E-state index contributed by atoms with van der Waals surface area (Å²) in [6.07, 6.45) is 0. The van der Waals surface area contributed by atoms with Crippen molar-refractivity contribution in [2.24, 2.45) is 5.92 Å². The molecule has 1 fully saturated rings. The SMILES string of the molecule is CCOc1cccc2c1O[C@]1(C)[C@H](C(=O)Nc3ccc(Cl)cc3)[C@@H]2NC(=S)N1c1ccccc1OC. The number of fused-ring (bicyclic) bond motifs is 4. The lowest BCUT2D eigenvalue weighted by molar-refractivity contribution is -0.130. The maximum atomic E-state index is 13.9. The molecule has 1 saturated heterocycles. The van der Waals surface area contributed by atoms with Crippen molar-refractivity contribution in [1.82, 2.24) is 5.32 Å². The molecule has 2 aliphatic rings. The third-order valence-electron chi connectivity index (χ3n) is 6.51. The van der Waals surface area contributed by atoms with Gasteiger partial charge in [0.2, 0.25) is 5.91 Å². The van der Waals surface area contributed by atoms with E-state index in [0.717, 1.165) is 5.56 Å². The van der Waals surface area contributed by atoms with Gasteiger partial charge < -0.3 is 24.8 Å². The second kappa shape index (κ2) is 9.52. The fourth-order valence-electron chi connectivity index (χ4n) is 4.97. The van der Waals surface area contributed by atoms with Crippen LogP contribution in [0.5, 0.6) is 17.2 Å². The predicted octanol–water partition coefficient (Wildman–Crippen LogP) is 5.55. The average molecular weight is 524 g/mol. The van der Waals surface area contributed by atoms with Gasteiger partial charge in [0.05, 0.1) is 25.4 Å². The highest BCUT2D eigenvalue weighted by molar-refractivity contribution is 7.80. The number of methoxy groups -OCH3 is 1. The number of carbonyl (C=O) groups is 1. The monoisotopic (exact) mass is 523 g/mol. The second-order valence-electron chi connectivity index (χ2n) is 8.67. The summed E-state index contributed by atoms with van der Waals surface area (Å²) in [6, 6.07) is 19.7. The normalized spacial score (nSPS) is 22.1. The maximum Gasteiger partial charge on any atom is 0.236 e. The van der Waals surface area contributed by atoms with Crippen molar-refractivity contribution < 1.29 is 19.0 Å². The number of para-hydroxylation sites is 3. The Morgan fingerprint density at radius 1 is 1.14 bits per heavy atom. The molecule has 0 unspecified atom stereocenters. The quantitative estimate of drug-likeness (QED) is 0.411. The molecule has 2 N–H and O–H groups in total. The maximum absolute atomic E-state index is 13.9. The van der Waals surface area contributed by atoms with E-state index in [1.165, 1.54) is 0 Å². The topological polar surface area (TPSA) is 72.1 Å². The highest BCUT2D eigenvalue weighted by Gasteiger charge is 2.60. The van der Waals surface area contributed by atoms with Crippen molar-refractivity contribution in [3.63, 3.8) is 0 Å². The predicted molar refractivity (Wildman–Crippen MR) is 144 cm³/mol. The van der Waals surface area contributed by atoms with E-state index in [1.54, 1.807) is 31.4 Å². The second-order valence-corrected chi connectivity index (χ2v) is 9.50. The first-order valence-electron chi connectivity index (χ1n) is 11.6. The van der Waals surface area contributed by atoms with E-state index in [-0.39, 0.29) is 5.91 Å². The van der Waals surface area contributed by atoms with Crippen molar-refractivity contribution in [2.45, 2.75) is 25.6 Å². The summed E-state index contributed by atoms with van der Waals surface area (Å²) in [7, 11) is 1.60. The van der Waals surface area contributed by atoms with E-state index in [2.05, 4.69) is 10.6 Å². The van der Waals surface area contributed by atoms with Crippen LogP contribution in [0.3, 0.4) is 0 Å². The van der Waals surface area contributed by atoms with Crippen LogP contribution in [-0.4, -0.2) is 30.5 Å². The van der Waals surface area contributed by atoms with E-state index < -0.39 is 17.7 Å². The van der Waals surface area contributed by atoms with Crippen LogP contribution in [0.2, 0.25) is 5.02 Å². The van der Waals surface area contributed by atoms with E-state index in [1.807, 2.05) is 61.2 Å². The first-order chi connectivity index (χ1) is 17.4. The van der Waals surface area contributed by atoms with Crippen LogP contribution in [0.15, 0.2) is 66.7 Å². The van der Waals surface area contributed by atoms with Crippen molar-refractivity contribution in [3.05, 3.63) is 77.3 Å². The largest absolute Gasteiger partial charge is 0.495 e. The molecule has 1 amide bonds. The molecule has 0 spiro atoms. The zero-order valence-corrected chi connectivity index (χ0v) is 21.7. The number of nitrogens with one attached hydrogen (secondary N) is 2. The zero-order valence-electron chi connectivity index (χ0n) is 20.1. The van der Waals surface area contributed by atoms with E-state index in [9.17, 15) is 4.79 Å². The number of ether oxygens (including phenoxy) is 3. The van der Waals surface area contributed by atoms with Gasteiger partial charge in [0.25, 0.3) is 0 Å². The molecule has 186 valence electrons. The van der Waals surface area contributed by atoms with Gasteiger partial charge in [-0.25, -0.2) is 0 Å². The molecule has 2 aliphatic heterocycles. The lowest BCUT2D eigenvalue weighted by Crippen LogP contribution is -2.72. The molecule has 3 aromatic rings. The van der Waals surface area contributed by atoms with Gasteiger partial charge >= 0.3 is 0 Å². The lowest BCUT2D eigenvalue weighted by atomic mass is 9.78. The summed E-state index contributed by atoms with van der Waals surface area (Å²) in [4.78, 5) is 15.7. The Morgan fingerprint density at radius 3 is 2.58 bits per heavy atom. The summed E-state index contributed by atoms with van der Waals surface area (Å²) >= 11 is 11.9. The number of hydrogen-bond acceptors (Lipinski definition) is 5. The van der Waals surface area contributed by atoms with Gasteiger partial charge in [0, 0.05) is 16.3 Å². The molecule has 5 rings (SSSR count). The van der Waals surface area contributed by atoms with Crippen LogP contribution in [0, 0.1) is 5.92 Å². The third-order valence-corrected chi connectivity index (χ3v) is 7.06. The average Bonchev–Trinajstić information content (AvgIpc) is 2.86. The van der Waals surface area contributed by atoms with Crippen LogP contribution in [-0.2, 0) is 4.79 Å². The number of halogens is 1. The Balaban J connectivity index is 1.66. The van der Waals surface area contributed by atoms with Gasteiger partial charge in [-0.15, -0.1) is 0 Å². The van der Waals surface area contributed by atoms with E-state index in [0.29, 0.717) is 45.4 Å². The number of benzene rings is 3. The number of nitrogens with zero attached hydrogens (tertiary/aromatic N) is 1. The van der Waals surface area contributed by atoms with Crippen molar-refractivity contribution in [3.8, 4) is 17.2 Å². The number of amides is 1. The summed E-state index contributed by atoms with van der Waals surface area (Å²) < 4.78 is 18.3. The van der Waals surface area contributed by atoms with Crippen molar-refractivity contribution >= 4 is 46.2 Å². The molecule has 2 bridgehead atoms. The van der Waals surface area contributed by atoms with E-state index in [4.69, 9.17) is 38.0 Å². The Labute approximate surface area is 220 Å². The van der Waals surface area contributed by atoms with Gasteiger partial charge in [-0.1, -0.05) is 35.9 Å². The van der Waals surface area contributed by atoms with Gasteiger partial charge in [0.15, 0.2) is 22.3 Å². The molecule has 7 nitrogen and oxygen atoms in total. The molecular weight excluding hydrogens is 498 g/mol. The molecule has 0 saturated carbocycles. The van der Waals surface area contributed by atoms with Crippen LogP contribution in [0.25, 0.3) is 0 Å². The van der Waals surface area contributed by atoms with E-state index >= 15 is 0 Å². The van der Waals surface area contributed by atoms with Crippen LogP contribution in [0.1, 0.15) is 25.5 Å². The van der Waals surface area contributed by atoms with Crippen molar-refractivity contribution in [2.75, 3.05) is 23.9 Å². The van der Waals surface area contributed by atoms with Crippen molar-refractivity contribution in [1.29, 1.82) is 0 Å². The number of anilines is 2. The van der Waals surface area contributed by atoms with Gasteiger partial charge in [-0.05, 0) is 68.5 Å². The minimum atomic E-state index is -1.21. The molecule has 0 aliphatic carbocycles. The first-order valence-corrected chi connectivity index (χ1v) is 12.4. The minimum Gasteiger partial charge on any atom is -0.495 e. The molecule has 3 aromatic carbocycles. The smallest absolute Gasteiger partial charge is 0.236 e. The molecule has 0 radical (unpaired) electrons. The van der Waals surface area contributed by atoms with Crippen LogP contribution < -0.4 is 29.7 Å². The summed E-state index contributed by atoms with van der Waals surface area (Å²) in [5, 5.41) is 7.45.